The highest BCUT2D eigenvalue weighted by molar-refractivity contribution is 5.89. The van der Waals surface area contributed by atoms with Crippen LogP contribution in [0.4, 0.5) is 0 Å². The average Bonchev–Trinajstić information content (AvgIpc) is 2.70. The van der Waals surface area contributed by atoms with Crippen LogP contribution in [0.25, 0.3) is 16.5 Å². The number of benzene rings is 1. The summed E-state index contributed by atoms with van der Waals surface area (Å²) in [4.78, 5) is 4.74. The zero-order valence-corrected chi connectivity index (χ0v) is 15.7. The van der Waals surface area contributed by atoms with Crippen molar-refractivity contribution in [3.05, 3.63) is 48.2 Å². The molecular weight excluding hydrogens is 298 g/mol. The van der Waals surface area contributed by atoms with E-state index < -0.39 is 0 Å². The monoisotopic (exact) mass is 327 g/mol. The zero-order chi connectivity index (χ0) is 17.9. The number of hydrogen-bond acceptors (Lipinski definition) is 3. The molecule has 0 bridgehead atoms. The summed E-state index contributed by atoms with van der Waals surface area (Å²) in [5, 5.41) is 0.998. The summed E-state index contributed by atoms with van der Waals surface area (Å²) in [6, 6.07) is 7.84. The molecule has 0 fully saturated rings. The van der Waals surface area contributed by atoms with E-state index in [1.165, 1.54) is 0 Å². The van der Waals surface area contributed by atoms with E-state index in [1.807, 2.05) is 52.0 Å². The van der Waals surface area contributed by atoms with Gasteiger partial charge >= 0.3 is 0 Å². The highest BCUT2D eigenvalue weighted by Gasteiger charge is 2.10. The molecule has 130 valence electrons. The Labute approximate surface area is 146 Å². The number of allylic oxidation sites excluding steroid dienone is 4. The summed E-state index contributed by atoms with van der Waals surface area (Å²) in [6.07, 6.45) is 8.68. The van der Waals surface area contributed by atoms with Gasteiger partial charge in [-0.3, -0.25) is 0 Å². The maximum absolute atomic E-state index is 5.50. The number of methoxy groups -OCH3 is 2. The third-order valence-corrected chi connectivity index (χ3v) is 3.49. The molecule has 0 saturated carbocycles. The molecule has 0 atom stereocenters. The van der Waals surface area contributed by atoms with Gasteiger partial charge in [0.15, 0.2) is 0 Å². The molecule has 3 nitrogen and oxygen atoms in total. The van der Waals surface area contributed by atoms with Crippen LogP contribution in [0.3, 0.4) is 0 Å². The molecule has 3 heteroatoms. The van der Waals surface area contributed by atoms with Gasteiger partial charge in [0.25, 0.3) is 0 Å². The summed E-state index contributed by atoms with van der Waals surface area (Å²) in [5.74, 6) is 1.64. The number of rotatable bonds is 3. The lowest BCUT2D eigenvalue weighted by atomic mass is 10.0. The Bertz CT molecular complexity index is 702. The first-order valence-corrected chi connectivity index (χ1v) is 8.71. The van der Waals surface area contributed by atoms with E-state index in [1.54, 1.807) is 14.2 Å². The van der Waals surface area contributed by atoms with Crippen LogP contribution in [0.1, 0.15) is 46.2 Å². The molecule has 3 rings (SSSR count). The number of pyridine rings is 1. The molecule has 1 aliphatic rings. The Morgan fingerprint density at radius 2 is 1.67 bits per heavy atom. The highest BCUT2D eigenvalue weighted by atomic mass is 16.5. The topological polar surface area (TPSA) is 31.4 Å². The van der Waals surface area contributed by atoms with Gasteiger partial charge in [0.05, 0.1) is 25.4 Å². The third kappa shape index (κ3) is 4.60. The molecule has 1 heterocycles. The Hall–Kier alpha value is -2.29. The summed E-state index contributed by atoms with van der Waals surface area (Å²) in [6.45, 7) is 8.00. The van der Waals surface area contributed by atoms with E-state index in [9.17, 15) is 0 Å². The molecule has 0 saturated heterocycles. The van der Waals surface area contributed by atoms with E-state index in [-0.39, 0.29) is 0 Å². The first kappa shape index (κ1) is 19.8. The molecule has 0 radical (unpaired) electrons. The Kier molecular flexibility index (Phi) is 8.63. The van der Waals surface area contributed by atoms with Gasteiger partial charge in [0, 0.05) is 17.5 Å². The van der Waals surface area contributed by atoms with Crippen molar-refractivity contribution in [3.63, 3.8) is 0 Å². The highest BCUT2D eigenvalue weighted by Crippen LogP contribution is 2.31. The molecule has 0 amide bonds. The molecule has 0 N–H and O–H groups in total. The fourth-order valence-corrected chi connectivity index (χ4v) is 2.42. The molecule has 0 unspecified atom stereocenters. The van der Waals surface area contributed by atoms with Crippen LogP contribution in [0.15, 0.2) is 42.5 Å². The lowest BCUT2D eigenvalue weighted by molar-refractivity contribution is 0.414. The molecule has 1 aliphatic carbocycles. The predicted molar refractivity (Wildman–Crippen MR) is 104 cm³/mol. The van der Waals surface area contributed by atoms with Crippen LogP contribution in [-0.2, 0) is 0 Å². The van der Waals surface area contributed by atoms with Gasteiger partial charge in [-0.2, -0.15) is 0 Å². The smallest absolute Gasteiger partial charge is 0.130 e. The lowest BCUT2D eigenvalue weighted by Crippen LogP contribution is -1.95. The zero-order valence-electron chi connectivity index (χ0n) is 15.7. The van der Waals surface area contributed by atoms with Crippen LogP contribution in [0, 0.1) is 0 Å². The van der Waals surface area contributed by atoms with Gasteiger partial charge in [0.2, 0.25) is 0 Å². The van der Waals surface area contributed by atoms with Crippen molar-refractivity contribution in [2.75, 3.05) is 14.2 Å². The van der Waals surface area contributed by atoms with E-state index in [0.29, 0.717) is 0 Å². The van der Waals surface area contributed by atoms with Crippen molar-refractivity contribution in [2.24, 2.45) is 0 Å². The molecular formula is C21H29NO2. The van der Waals surface area contributed by atoms with Crippen molar-refractivity contribution in [3.8, 4) is 11.5 Å². The molecule has 1 aromatic heterocycles. The van der Waals surface area contributed by atoms with Gasteiger partial charge in [-0.1, -0.05) is 45.9 Å². The quantitative estimate of drug-likeness (QED) is 0.689. The van der Waals surface area contributed by atoms with Crippen LogP contribution in [0.2, 0.25) is 0 Å². The molecule has 1 aromatic carbocycles. The average molecular weight is 327 g/mol. The van der Waals surface area contributed by atoms with E-state index in [0.717, 1.165) is 46.5 Å². The largest absolute Gasteiger partial charge is 0.497 e. The summed E-state index contributed by atoms with van der Waals surface area (Å²) in [7, 11) is 3.35. The Balaban J connectivity index is 0.000000671. The first-order valence-electron chi connectivity index (χ1n) is 8.71. The Morgan fingerprint density at radius 1 is 0.917 bits per heavy atom. The van der Waals surface area contributed by atoms with Crippen molar-refractivity contribution < 1.29 is 9.47 Å². The van der Waals surface area contributed by atoms with Crippen molar-refractivity contribution in [1.29, 1.82) is 0 Å². The maximum atomic E-state index is 5.50. The van der Waals surface area contributed by atoms with Gasteiger partial charge in [-0.05, 0) is 30.5 Å². The van der Waals surface area contributed by atoms with Gasteiger partial charge in [0.1, 0.15) is 11.5 Å². The normalized spacial score (nSPS) is 12.3. The second kappa shape index (κ2) is 10.5. The summed E-state index contributed by atoms with van der Waals surface area (Å²) in [5.41, 5.74) is 2.98. The SMILES string of the molecule is CC.CC.COc1ccc2c(OC)cc(C3=CCCC=C3)nc2c1. The number of fused-ring (bicyclic) bond motifs is 1. The van der Waals surface area contributed by atoms with Gasteiger partial charge in [-0.25, -0.2) is 4.98 Å². The number of hydrogen-bond donors (Lipinski definition) is 0. The predicted octanol–water partition coefficient (Wildman–Crippen LogP) is 6.04. The molecule has 0 spiro atoms. The summed E-state index contributed by atoms with van der Waals surface area (Å²) < 4.78 is 10.8. The van der Waals surface area contributed by atoms with E-state index in [4.69, 9.17) is 14.5 Å². The molecule has 0 aliphatic heterocycles. The van der Waals surface area contributed by atoms with Crippen molar-refractivity contribution >= 4 is 16.5 Å². The van der Waals surface area contributed by atoms with Crippen molar-refractivity contribution in [2.45, 2.75) is 40.5 Å². The minimum absolute atomic E-state index is 0.803. The fourth-order valence-electron chi connectivity index (χ4n) is 2.42. The molecule has 2 aromatic rings. The second-order valence-electron chi connectivity index (χ2n) is 4.73. The minimum Gasteiger partial charge on any atom is -0.497 e. The standard InChI is InChI=1S/C17H17NO2.2C2H6/c1-19-13-8-9-14-16(10-13)18-15(11-17(14)20-2)12-6-4-3-5-7-12;2*1-2/h4,6-11H,3,5H2,1-2H3;2*1-2H3. The Morgan fingerprint density at radius 3 is 2.25 bits per heavy atom. The van der Waals surface area contributed by atoms with Gasteiger partial charge in [-0.15, -0.1) is 0 Å². The number of nitrogens with zero attached hydrogens (tertiary/aromatic N) is 1. The number of aromatic nitrogens is 1. The van der Waals surface area contributed by atoms with E-state index >= 15 is 0 Å². The maximum Gasteiger partial charge on any atom is 0.130 e. The minimum atomic E-state index is 0.803. The molecule has 24 heavy (non-hydrogen) atoms. The fraction of sp³-hybridized carbons (Fsp3) is 0.381. The van der Waals surface area contributed by atoms with Crippen LogP contribution >= 0.6 is 0 Å². The van der Waals surface area contributed by atoms with E-state index in [2.05, 4.69) is 18.2 Å². The third-order valence-electron chi connectivity index (χ3n) is 3.49. The summed E-state index contributed by atoms with van der Waals surface area (Å²) >= 11 is 0. The van der Waals surface area contributed by atoms with Crippen LogP contribution < -0.4 is 9.47 Å². The first-order chi connectivity index (χ1) is 11.8. The van der Waals surface area contributed by atoms with Crippen molar-refractivity contribution in [1.82, 2.24) is 4.98 Å². The number of ether oxygens (including phenoxy) is 2. The van der Waals surface area contributed by atoms with Crippen LogP contribution in [0.5, 0.6) is 11.5 Å². The lowest BCUT2D eigenvalue weighted by Gasteiger charge is -2.12. The van der Waals surface area contributed by atoms with Crippen LogP contribution in [-0.4, -0.2) is 19.2 Å². The van der Waals surface area contributed by atoms with Gasteiger partial charge < -0.3 is 9.47 Å². The second-order valence-corrected chi connectivity index (χ2v) is 4.73.